The van der Waals surface area contributed by atoms with E-state index in [1.165, 1.54) is 6.07 Å². The van der Waals surface area contributed by atoms with Crippen LogP contribution in [-0.4, -0.2) is 56.8 Å². The summed E-state index contributed by atoms with van der Waals surface area (Å²) >= 11 is 0. The van der Waals surface area contributed by atoms with Crippen LogP contribution < -0.4 is 94.0 Å². The maximum atomic E-state index is 12.0. The van der Waals surface area contributed by atoms with E-state index in [0.29, 0.717) is 16.5 Å². The number of phenolic OH excluding ortho intramolecular Hbond substituents is 1. The van der Waals surface area contributed by atoms with Gasteiger partial charge >= 0.3 is 88.7 Å². The van der Waals surface area contributed by atoms with Crippen LogP contribution in [0.3, 0.4) is 0 Å². The van der Waals surface area contributed by atoms with Gasteiger partial charge < -0.3 is 26.5 Å². The average Bonchev–Trinajstić information content (AvgIpc) is 2.75. The van der Waals surface area contributed by atoms with Crippen molar-refractivity contribution in [2.75, 3.05) is 18.1 Å². The molecule has 0 saturated carbocycles. The summed E-state index contributed by atoms with van der Waals surface area (Å²) in [6.45, 7) is 3.29. The molecular weight excluding hydrogens is 595 g/mol. The molecule has 0 amide bonds. The van der Waals surface area contributed by atoms with Crippen LogP contribution in [0.1, 0.15) is 0 Å². The molecule has 0 bridgehead atoms. The van der Waals surface area contributed by atoms with Crippen LogP contribution >= 0.6 is 0 Å². The summed E-state index contributed by atoms with van der Waals surface area (Å²) in [4.78, 5) is -1.17. The van der Waals surface area contributed by atoms with Gasteiger partial charge in [0, 0.05) is 18.5 Å². The monoisotopic (exact) mass is 612 g/mol. The van der Waals surface area contributed by atoms with E-state index in [0.717, 1.165) is 18.2 Å². The molecule has 0 atom stereocenters. The van der Waals surface area contributed by atoms with Crippen molar-refractivity contribution in [3.63, 3.8) is 0 Å². The third kappa shape index (κ3) is 11.4. The molecule has 0 heterocycles. The van der Waals surface area contributed by atoms with Crippen molar-refractivity contribution in [1.29, 1.82) is 0 Å². The van der Waals surface area contributed by atoms with Gasteiger partial charge in [-0.25, -0.2) is 25.3 Å². The number of anilines is 1. The second-order valence-electron chi connectivity index (χ2n) is 6.54. The molecule has 0 aliphatic rings. The molecule has 0 fully saturated rings. The fourth-order valence-electron chi connectivity index (χ4n) is 2.76. The Hall–Kier alpha value is -0.150. The van der Waals surface area contributed by atoms with Crippen molar-refractivity contribution in [3.05, 3.63) is 55.5 Å². The first-order valence-electron chi connectivity index (χ1n) is 9.14. The molecule has 3 N–H and O–H groups in total. The number of nitrogens with one attached hydrogen (secondary N) is 1. The van der Waals surface area contributed by atoms with Gasteiger partial charge in [0.2, 0.25) is 10.4 Å². The average molecular weight is 613 g/mol. The zero-order valence-electron chi connectivity index (χ0n) is 20.7. The zero-order valence-corrected chi connectivity index (χ0v) is 29.2. The second-order valence-corrected chi connectivity index (χ2v) is 10.9. The van der Waals surface area contributed by atoms with Gasteiger partial charge in [-0.15, -0.1) is 6.07 Å². The van der Waals surface area contributed by atoms with E-state index in [-0.39, 0.29) is 111 Å². The van der Waals surface area contributed by atoms with Crippen molar-refractivity contribution in [3.8, 4) is 5.75 Å². The van der Waals surface area contributed by atoms with Gasteiger partial charge in [0.15, 0.2) is 9.84 Å². The van der Waals surface area contributed by atoms with Crippen LogP contribution in [0.5, 0.6) is 5.75 Å². The van der Waals surface area contributed by atoms with Crippen molar-refractivity contribution in [2.45, 2.75) is 9.79 Å². The first-order valence-corrected chi connectivity index (χ1v) is 13.6. The second kappa shape index (κ2) is 16.3. The molecule has 13 nitrogen and oxygen atoms in total. The number of sulfone groups is 1. The molecule has 0 aliphatic carbocycles. The number of benzene rings is 3. The van der Waals surface area contributed by atoms with Gasteiger partial charge in [-0.05, 0) is 24.3 Å². The number of azo groups is 1. The standard InChI is InChI=1S/C19H17N3O6S2.3Na.H2O4S/c1-3-29(24,25)12-7-9-15(18(11-12)30(26,27)28)21-22-19-14-5-4-6-17(23)13(14)8-10-16(19)20-2;;;;1-5(2,3)4/h5-11,20,23H,1,3H2,2H3,(H,26,27,28);;;;(H2,1,2,3,4)/q-2;3*+1;/p-2. The summed E-state index contributed by atoms with van der Waals surface area (Å²) in [7, 11) is -12.2. The Morgan fingerprint density at radius 1 is 0.947 bits per heavy atom. The van der Waals surface area contributed by atoms with Crippen molar-refractivity contribution < 1.29 is 133 Å². The fraction of sp³-hybridized carbons (Fsp3) is 0.105. The van der Waals surface area contributed by atoms with Crippen LogP contribution in [0, 0.1) is 13.0 Å². The van der Waals surface area contributed by atoms with Crippen LogP contribution in [0.25, 0.3) is 10.8 Å². The Kier molecular flexibility index (Phi) is 17.2. The minimum absolute atomic E-state index is 0. The predicted octanol–water partition coefficient (Wildman–Crippen LogP) is -6.67. The molecule has 3 rings (SSSR count). The van der Waals surface area contributed by atoms with E-state index in [4.69, 9.17) is 17.5 Å². The fourth-order valence-corrected chi connectivity index (χ4v) is 4.28. The third-order valence-corrected chi connectivity index (χ3v) is 6.67. The molecule has 0 aliphatic heterocycles. The molecule has 3 aromatic rings. The van der Waals surface area contributed by atoms with Gasteiger partial charge in [-0.3, -0.25) is 4.55 Å². The van der Waals surface area contributed by atoms with Gasteiger partial charge in [0.1, 0.15) is 15.8 Å². The van der Waals surface area contributed by atoms with E-state index in [2.05, 4.69) is 28.5 Å². The van der Waals surface area contributed by atoms with Crippen molar-refractivity contribution >= 4 is 58.2 Å². The summed E-state index contributed by atoms with van der Waals surface area (Å²) in [5, 5.41) is 21.8. The van der Waals surface area contributed by atoms with E-state index < -0.39 is 41.0 Å². The summed E-state index contributed by atoms with van der Waals surface area (Å²) in [5.74, 6) is -0.537. The Morgan fingerprint density at radius 2 is 1.53 bits per heavy atom. The normalized spacial score (nSPS) is 11.4. The quantitative estimate of drug-likeness (QED) is 0.0780. The van der Waals surface area contributed by atoms with E-state index >= 15 is 0 Å². The van der Waals surface area contributed by atoms with Gasteiger partial charge in [0.25, 0.3) is 0 Å². The molecule has 0 saturated heterocycles. The SMILES string of the molecule is O=S(=O)([O-])O.[CH2-]CS(=O)(=O)c1ccc(N=Nc2c(NC)ccc3c(O)c[c-]cc23)c(S(=O)(=O)[O-])c1.[Na+].[Na+].[Na+]. The first-order chi connectivity index (χ1) is 16.1. The summed E-state index contributed by atoms with van der Waals surface area (Å²) in [6.07, 6.45) is 0. The number of hydrogen-bond acceptors (Lipinski definition) is 12. The van der Waals surface area contributed by atoms with E-state index in [9.17, 15) is 26.5 Å². The number of rotatable bonds is 6. The number of nitrogens with zero attached hydrogens (tertiary/aromatic N) is 2. The van der Waals surface area contributed by atoms with E-state index in [1.54, 1.807) is 25.2 Å². The molecule has 0 spiro atoms. The largest absolute Gasteiger partial charge is 1.00 e. The number of fused-ring (bicyclic) bond motifs is 1. The minimum atomic E-state index is -5.04. The van der Waals surface area contributed by atoms with E-state index in [1.807, 2.05) is 0 Å². The predicted molar refractivity (Wildman–Crippen MR) is 122 cm³/mol. The Labute approximate surface area is 286 Å². The topological polar surface area (TPSA) is 226 Å². The molecule has 19 heteroatoms. The number of aromatic hydroxyl groups is 1. The molecule has 0 unspecified atom stereocenters. The van der Waals surface area contributed by atoms with Gasteiger partial charge in [-0.1, -0.05) is 22.6 Å². The molecule has 0 radical (unpaired) electrons. The minimum Gasteiger partial charge on any atom is -0.744 e. The summed E-state index contributed by atoms with van der Waals surface area (Å²) in [6, 6.07) is 12.0. The van der Waals surface area contributed by atoms with Crippen LogP contribution in [0.4, 0.5) is 17.1 Å². The van der Waals surface area contributed by atoms with Crippen LogP contribution in [-0.2, 0) is 30.4 Å². The Morgan fingerprint density at radius 3 is 2.03 bits per heavy atom. The molecule has 38 heavy (non-hydrogen) atoms. The van der Waals surface area contributed by atoms with Crippen molar-refractivity contribution in [1.82, 2.24) is 0 Å². The maximum Gasteiger partial charge on any atom is 1.00 e. The number of phenols is 1. The Bertz CT molecular complexity index is 1610. The zero-order chi connectivity index (χ0) is 26.6. The maximum absolute atomic E-state index is 12.0. The third-order valence-electron chi connectivity index (χ3n) is 4.30. The first kappa shape index (κ1) is 40.0. The molecule has 190 valence electrons. The van der Waals surface area contributed by atoms with Gasteiger partial charge in [-0.2, -0.15) is 22.4 Å². The molecule has 3 aromatic carbocycles. The van der Waals surface area contributed by atoms with Crippen LogP contribution in [0.2, 0.25) is 0 Å². The molecule has 0 aromatic heterocycles. The smallest absolute Gasteiger partial charge is 0.744 e. The van der Waals surface area contributed by atoms with Gasteiger partial charge in [0.05, 0.1) is 15.5 Å². The van der Waals surface area contributed by atoms with Crippen LogP contribution in [0.15, 0.2) is 62.5 Å². The Balaban J connectivity index is 0. The summed E-state index contributed by atoms with van der Waals surface area (Å²) in [5.41, 5.74) is 0.468. The summed E-state index contributed by atoms with van der Waals surface area (Å²) < 4.78 is 91.9. The van der Waals surface area contributed by atoms with Crippen molar-refractivity contribution in [2.24, 2.45) is 10.2 Å². The number of hydrogen-bond donors (Lipinski definition) is 3. The molecular formula is C19H17N3Na3O10S3-.